The molecule has 0 amide bonds. The van der Waals surface area contributed by atoms with Gasteiger partial charge in [-0.1, -0.05) is 32.4 Å². The number of hydrogen-bond acceptors (Lipinski definition) is 3. The highest BCUT2D eigenvalue weighted by atomic mass is 16.3. The molecule has 2 aliphatic carbocycles. The van der Waals surface area contributed by atoms with E-state index in [9.17, 15) is 15.5 Å². The van der Waals surface area contributed by atoms with Crippen molar-refractivity contribution in [3.05, 3.63) is 11.6 Å². The maximum atomic E-state index is 10.1. The second-order valence-corrected chi connectivity index (χ2v) is 6.26. The Balaban J connectivity index is 2.51. The van der Waals surface area contributed by atoms with Crippen LogP contribution in [0.5, 0.6) is 0 Å². The van der Waals surface area contributed by atoms with Crippen molar-refractivity contribution in [2.45, 2.75) is 52.2 Å². The lowest BCUT2D eigenvalue weighted by Gasteiger charge is -2.53. The van der Waals surface area contributed by atoms with Crippen molar-refractivity contribution in [3.63, 3.8) is 0 Å². The second-order valence-electron chi connectivity index (χ2n) is 6.26. The molecule has 0 aromatic heterocycles. The standard InChI is InChI=1S/C14H21NO2/c1-13(2)11-7-10(16)6-9(8-15)14(11,3)5-4-12(13)17/h7,9-10,12,16-17H,4-6H2,1-3H3/t9-,10+,12-,14+/m0/s1. The Kier molecular flexibility index (Phi) is 2.84. The molecule has 0 heterocycles. The summed E-state index contributed by atoms with van der Waals surface area (Å²) in [6.07, 6.45) is 3.02. The fourth-order valence-electron chi connectivity index (χ4n) is 3.57. The molecule has 0 spiro atoms. The third-order valence-electron chi connectivity index (χ3n) is 4.84. The summed E-state index contributed by atoms with van der Waals surface area (Å²) in [6.45, 7) is 6.12. The van der Waals surface area contributed by atoms with Crippen LogP contribution in [0.3, 0.4) is 0 Å². The van der Waals surface area contributed by atoms with Gasteiger partial charge < -0.3 is 10.2 Å². The first-order valence-electron chi connectivity index (χ1n) is 6.31. The van der Waals surface area contributed by atoms with E-state index in [1.807, 2.05) is 19.9 Å². The van der Waals surface area contributed by atoms with Gasteiger partial charge in [-0.15, -0.1) is 0 Å². The molecular weight excluding hydrogens is 214 g/mol. The van der Waals surface area contributed by atoms with Crippen LogP contribution in [0.1, 0.15) is 40.0 Å². The summed E-state index contributed by atoms with van der Waals surface area (Å²) in [6, 6.07) is 2.34. The summed E-state index contributed by atoms with van der Waals surface area (Å²) in [5, 5.41) is 29.3. The van der Waals surface area contributed by atoms with Crippen LogP contribution >= 0.6 is 0 Å². The summed E-state index contributed by atoms with van der Waals surface area (Å²) < 4.78 is 0. The van der Waals surface area contributed by atoms with Crippen LogP contribution in [0.2, 0.25) is 0 Å². The van der Waals surface area contributed by atoms with Gasteiger partial charge in [-0.25, -0.2) is 0 Å². The van der Waals surface area contributed by atoms with Gasteiger partial charge in [0.1, 0.15) is 0 Å². The van der Waals surface area contributed by atoms with E-state index in [0.717, 1.165) is 18.4 Å². The maximum absolute atomic E-state index is 10.1. The van der Waals surface area contributed by atoms with Crippen molar-refractivity contribution in [2.75, 3.05) is 0 Å². The van der Waals surface area contributed by atoms with Crippen molar-refractivity contribution in [1.29, 1.82) is 5.26 Å². The third-order valence-corrected chi connectivity index (χ3v) is 4.84. The molecule has 94 valence electrons. The van der Waals surface area contributed by atoms with Gasteiger partial charge in [0.05, 0.1) is 24.2 Å². The first-order valence-corrected chi connectivity index (χ1v) is 6.31. The van der Waals surface area contributed by atoms with Crippen molar-refractivity contribution >= 4 is 0 Å². The van der Waals surface area contributed by atoms with Crippen LogP contribution in [0.15, 0.2) is 11.6 Å². The Bertz CT molecular complexity index is 394. The minimum Gasteiger partial charge on any atom is -0.392 e. The smallest absolute Gasteiger partial charge is 0.0736 e. The van der Waals surface area contributed by atoms with Crippen LogP contribution in [0.4, 0.5) is 0 Å². The number of fused-ring (bicyclic) bond motifs is 1. The molecule has 1 fully saturated rings. The van der Waals surface area contributed by atoms with Crippen LogP contribution in [0, 0.1) is 28.1 Å². The van der Waals surface area contributed by atoms with Crippen LogP contribution in [-0.2, 0) is 0 Å². The Hall–Kier alpha value is -0.850. The second kappa shape index (κ2) is 3.83. The Morgan fingerprint density at radius 3 is 2.59 bits per heavy atom. The summed E-state index contributed by atoms with van der Waals surface area (Å²) in [7, 11) is 0. The zero-order chi connectivity index (χ0) is 12.8. The van der Waals surface area contributed by atoms with Gasteiger partial charge in [0, 0.05) is 10.8 Å². The fourth-order valence-corrected chi connectivity index (χ4v) is 3.57. The minimum absolute atomic E-state index is 0.149. The highest BCUT2D eigenvalue weighted by Crippen LogP contribution is 2.57. The summed E-state index contributed by atoms with van der Waals surface area (Å²) in [5.74, 6) is -0.149. The van der Waals surface area contributed by atoms with E-state index in [0.29, 0.717) is 6.42 Å². The van der Waals surface area contributed by atoms with E-state index >= 15 is 0 Å². The number of aliphatic hydroxyl groups excluding tert-OH is 2. The zero-order valence-electron chi connectivity index (χ0n) is 10.8. The monoisotopic (exact) mass is 235 g/mol. The highest BCUT2D eigenvalue weighted by Gasteiger charge is 2.52. The van der Waals surface area contributed by atoms with Gasteiger partial charge in [0.2, 0.25) is 0 Å². The van der Waals surface area contributed by atoms with Crippen LogP contribution in [-0.4, -0.2) is 22.4 Å². The topological polar surface area (TPSA) is 64.2 Å². The highest BCUT2D eigenvalue weighted by molar-refractivity contribution is 5.32. The lowest BCUT2D eigenvalue weighted by molar-refractivity contribution is -0.0107. The number of hydrogen-bond donors (Lipinski definition) is 2. The fraction of sp³-hybridized carbons (Fsp3) is 0.786. The molecule has 0 aromatic rings. The maximum Gasteiger partial charge on any atom is 0.0736 e. The molecule has 2 rings (SSSR count). The average Bonchev–Trinajstić information content (AvgIpc) is 2.26. The molecule has 3 heteroatoms. The number of aliphatic hydroxyl groups is 2. The van der Waals surface area contributed by atoms with E-state index in [4.69, 9.17) is 0 Å². The number of nitriles is 1. The molecule has 17 heavy (non-hydrogen) atoms. The first kappa shape index (κ1) is 12.6. The molecular formula is C14H21NO2. The van der Waals surface area contributed by atoms with Gasteiger partial charge in [-0.05, 0) is 19.3 Å². The molecule has 1 saturated carbocycles. The van der Waals surface area contributed by atoms with Gasteiger partial charge in [-0.3, -0.25) is 0 Å². The number of nitrogens with zero attached hydrogens (tertiary/aromatic N) is 1. The quantitative estimate of drug-likeness (QED) is 0.631. The molecule has 0 radical (unpaired) electrons. The Morgan fingerprint density at radius 1 is 1.35 bits per heavy atom. The predicted molar refractivity (Wildman–Crippen MR) is 64.9 cm³/mol. The molecule has 2 aliphatic rings. The van der Waals surface area contributed by atoms with E-state index in [1.165, 1.54) is 0 Å². The van der Waals surface area contributed by atoms with E-state index < -0.39 is 6.10 Å². The van der Waals surface area contributed by atoms with Crippen LogP contribution in [0.25, 0.3) is 0 Å². The molecule has 0 aliphatic heterocycles. The zero-order valence-corrected chi connectivity index (χ0v) is 10.8. The molecule has 0 bridgehead atoms. The van der Waals surface area contributed by atoms with E-state index in [1.54, 1.807) is 0 Å². The summed E-state index contributed by atoms with van der Waals surface area (Å²) >= 11 is 0. The molecule has 0 saturated heterocycles. The molecule has 0 aromatic carbocycles. The first-order chi connectivity index (χ1) is 7.82. The summed E-state index contributed by atoms with van der Waals surface area (Å²) in [5.41, 5.74) is 0.536. The van der Waals surface area contributed by atoms with Crippen molar-refractivity contribution in [2.24, 2.45) is 16.7 Å². The molecule has 0 unspecified atom stereocenters. The largest absolute Gasteiger partial charge is 0.392 e. The average molecular weight is 235 g/mol. The predicted octanol–water partition coefficient (Wildman–Crippen LogP) is 2.00. The number of rotatable bonds is 0. The summed E-state index contributed by atoms with van der Waals surface area (Å²) in [4.78, 5) is 0. The lowest BCUT2D eigenvalue weighted by Crippen LogP contribution is -2.49. The third kappa shape index (κ3) is 1.71. The van der Waals surface area contributed by atoms with Crippen molar-refractivity contribution in [1.82, 2.24) is 0 Å². The van der Waals surface area contributed by atoms with Gasteiger partial charge in [0.15, 0.2) is 0 Å². The SMILES string of the molecule is CC1(C)C2=C[C@H](O)C[C@@H](C#N)[C@@]2(C)CC[C@@H]1O. The van der Waals surface area contributed by atoms with Crippen molar-refractivity contribution < 1.29 is 10.2 Å². The van der Waals surface area contributed by atoms with Crippen molar-refractivity contribution in [3.8, 4) is 6.07 Å². The van der Waals surface area contributed by atoms with E-state index in [2.05, 4.69) is 13.0 Å². The lowest BCUT2D eigenvalue weighted by atomic mass is 9.52. The molecule has 3 nitrogen and oxygen atoms in total. The van der Waals surface area contributed by atoms with Gasteiger partial charge in [0.25, 0.3) is 0 Å². The molecule has 2 N–H and O–H groups in total. The van der Waals surface area contributed by atoms with Crippen LogP contribution < -0.4 is 0 Å². The Labute approximate surface area is 103 Å². The Morgan fingerprint density at radius 2 is 2.00 bits per heavy atom. The van der Waals surface area contributed by atoms with Gasteiger partial charge >= 0.3 is 0 Å². The van der Waals surface area contributed by atoms with Gasteiger partial charge in [-0.2, -0.15) is 5.26 Å². The minimum atomic E-state index is -0.549. The van der Waals surface area contributed by atoms with E-state index in [-0.39, 0.29) is 22.9 Å². The molecule has 4 atom stereocenters. The normalized spacial score (nSPS) is 44.5.